The van der Waals surface area contributed by atoms with E-state index in [1.54, 1.807) is 12.1 Å². The number of nitrogens with two attached hydrogens (primary N) is 1. The number of benzene rings is 1. The summed E-state index contributed by atoms with van der Waals surface area (Å²) in [5.74, 6) is 0.0997. The van der Waals surface area contributed by atoms with Crippen LogP contribution in [-0.4, -0.2) is 10.9 Å². The predicted molar refractivity (Wildman–Crippen MR) is 87.4 cm³/mol. The number of nitrogens with one attached hydrogen (secondary N) is 1. The van der Waals surface area contributed by atoms with Gasteiger partial charge in [-0.15, -0.1) is 12.4 Å². The lowest BCUT2D eigenvalue weighted by Crippen LogP contribution is -2.32. The van der Waals surface area contributed by atoms with Crippen LogP contribution in [0.3, 0.4) is 0 Å². The Morgan fingerprint density at radius 1 is 1.14 bits per heavy atom. The van der Waals surface area contributed by atoms with Gasteiger partial charge in [-0.1, -0.05) is 44.2 Å². The lowest BCUT2D eigenvalue weighted by molar-refractivity contribution is 0.0920. The van der Waals surface area contributed by atoms with E-state index < -0.39 is 0 Å². The molecule has 0 fully saturated rings. The van der Waals surface area contributed by atoms with Gasteiger partial charge in [0.1, 0.15) is 5.69 Å². The molecule has 0 bridgehead atoms. The second-order valence-electron chi connectivity index (χ2n) is 5.08. The minimum Gasteiger partial charge on any atom is -0.397 e. The molecule has 0 aliphatic carbocycles. The Hall–Kier alpha value is -2.07. The fraction of sp³-hybridized carbons (Fsp3) is 0.250. The molecule has 5 heteroatoms. The number of pyridine rings is 1. The highest BCUT2D eigenvalue weighted by Gasteiger charge is 2.19. The van der Waals surface area contributed by atoms with Gasteiger partial charge in [-0.2, -0.15) is 0 Å². The molecule has 0 spiro atoms. The molecule has 2 aromatic rings. The van der Waals surface area contributed by atoms with Crippen LogP contribution in [0.25, 0.3) is 0 Å². The van der Waals surface area contributed by atoms with Gasteiger partial charge in [0.05, 0.1) is 17.9 Å². The van der Waals surface area contributed by atoms with E-state index in [9.17, 15) is 4.79 Å². The van der Waals surface area contributed by atoms with Crippen molar-refractivity contribution in [2.75, 3.05) is 5.73 Å². The van der Waals surface area contributed by atoms with Crippen LogP contribution in [0.15, 0.2) is 48.7 Å². The Bertz CT molecular complexity index is 570. The van der Waals surface area contributed by atoms with Gasteiger partial charge in [0, 0.05) is 0 Å². The zero-order valence-electron chi connectivity index (χ0n) is 12.1. The highest BCUT2D eigenvalue weighted by Crippen LogP contribution is 2.21. The largest absolute Gasteiger partial charge is 0.397 e. The molecule has 3 N–H and O–H groups in total. The SMILES string of the molecule is CC(C)C(NC(=O)c1ccc(N)cn1)c1ccccc1.Cl. The van der Waals surface area contributed by atoms with Crippen LogP contribution in [0.4, 0.5) is 5.69 Å². The van der Waals surface area contributed by atoms with Crippen molar-refractivity contribution in [2.45, 2.75) is 19.9 Å². The predicted octanol–water partition coefficient (Wildman–Crippen LogP) is 3.21. The van der Waals surface area contributed by atoms with Crippen LogP contribution in [0, 0.1) is 5.92 Å². The maximum Gasteiger partial charge on any atom is 0.270 e. The second kappa shape index (κ2) is 7.64. The number of rotatable bonds is 4. The summed E-state index contributed by atoms with van der Waals surface area (Å²) in [6, 6.07) is 13.2. The molecule has 0 saturated heterocycles. The van der Waals surface area contributed by atoms with Gasteiger partial charge in [0.25, 0.3) is 5.91 Å². The highest BCUT2D eigenvalue weighted by molar-refractivity contribution is 5.92. The first-order chi connectivity index (χ1) is 9.58. The van der Waals surface area contributed by atoms with Crippen LogP contribution in [0.1, 0.15) is 35.9 Å². The summed E-state index contributed by atoms with van der Waals surface area (Å²) in [6.07, 6.45) is 1.49. The number of hydrogen-bond donors (Lipinski definition) is 2. The smallest absolute Gasteiger partial charge is 0.270 e. The normalized spacial score (nSPS) is 11.6. The number of nitrogens with zero attached hydrogens (tertiary/aromatic N) is 1. The first kappa shape index (κ1) is 17.0. The van der Waals surface area contributed by atoms with E-state index in [-0.39, 0.29) is 30.3 Å². The lowest BCUT2D eigenvalue weighted by atomic mass is 9.96. The summed E-state index contributed by atoms with van der Waals surface area (Å²) in [5.41, 5.74) is 7.58. The van der Waals surface area contributed by atoms with Gasteiger partial charge in [0.15, 0.2) is 0 Å². The molecule has 0 aliphatic heterocycles. The number of hydrogen-bond acceptors (Lipinski definition) is 3. The van der Waals surface area contributed by atoms with Crippen molar-refractivity contribution < 1.29 is 4.79 Å². The van der Waals surface area contributed by atoms with Crippen molar-refractivity contribution in [1.29, 1.82) is 0 Å². The van der Waals surface area contributed by atoms with Crippen LogP contribution in [-0.2, 0) is 0 Å². The number of aromatic nitrogens is 1. The van der Waals surface area contributed by atoms with Gasteiger partial charge in [-0.05, 0) is 23.6 Å². The van der Waals surface area contributed by atoms with Gasteiger partial charge < -0.3 is 11.1 Å². The maximum atomic E-state index is 12.2. The topological polar surface area (TPSA) is 68.0 Å². The Balaban J connectivity index is 0.00000220. The van der Waals surface area contributed by atoms with E-state index in [1.165, 1.54) is 6.20 Å². The van der Waals surface area contributed by atoms with E-state index in [0.29, 0.717) is 11.4 Å². The van der Waals surface area contributed by atoms with Crippen LogP contribution in [0.5, 0.6) is 0 Å². The van der Waals surface area contributed by atoms with Gasteiger partial charge >= 0.3 is 0 Å². The van der Waals surface area contributed by atoms with Crippen molar-refractivity contribution in [3.05, 3.63) is 59.9 Å². The molecule has 1 aromatic heterocycles. The minimum atomic E-state index is -0.187. The second-order valence-corrected chi connectivity index (χ2v) is 5.08. The first-order valence-corrected chi connectivity index (χ1v) is 6.65. The molecule has 21 heavy (non-hydrogen) atoms. The standard InChI is InChI=1S/C16H19N3O.ClH/c1-11(2)15(12-6-4-3-5-7-12)19-16(20)14-9-8-13(17)10-18-14;/h3-11,15H,17H2,1-2H3,(H,19,20);1H. The van der Waals surface area contributed by atoms with E-state index in [4.69, 9.17) is 5.73 Å². The summed E-state index contributed by atoms with van der Waals surface area (Å²) in [4.78, 5) is 16.3. The molecule has 1 amide bonds. The third-order valence-corrected chi connectivity index (χ3v) is 3.13. The molecular formula is C16H20ClN3O. The molecular weight excluding hydrogens is 286 g/mol. The van der Waals surface area contributed by atoms with Crippen LogP contribution in [0.2, 0.25) is 0 Å². The fourth-order valence-electron chi connectivity index (χ4n) is 2.05. The molecule has 1 unspecified atom stereocenters. The van der Waals surface area contributed by atoms with Crippen LogP contribution >= 0.6 is 12.4 Å². The fourth-order valence-corrected chi connectivity index (χ4v) is 2.05. The van der Waals surface area contributed by atoms with E-state index in [1.807, 2.05) is 30.3 Å². The highest BCUT2D eigenvalue weighted by atomic mass is 35.5. The third kappa shape index (κ3) is 4.46. The average molecular weight is 306 g/mol. The Labute approximate surface area is 131 Å². The monoisotopic (exact) mass is 305 g/mol. The molecule has 0 aliphatic rings. The quantitative estimate of drug-likeness (QED) is 0.911. The zero-order valence-corrected chi connectivity index (χ0v) is 12.9. The zero-order chi connectivity index (χ0) is 14.5. The van der Waals surface area contributed by atoms with E-state index in [2.05, 4.69) is 24.1 Å². The molecule has 4 nitrogen and oxygen atoms in total. The van der Waals surface area contributed by atoms with Crippen molar-refractivity contribution in [3.63, 3.8) is 0 Å². The van der Waals surface area contributed by atoms with Crippen molar-refractivity contribution >= 4 is 24.0 Å². The molecule has 2 rings (SSSR count). The van der Waals surface area contributed by atoms with Crippen molar-refractivity contribution in [1.82, 2.24) is 10.3 Å². The summed E-state index contributed by atoms with van der Waals surface area (Å²) >= 11 is 0. The summed E-state index contributed by atoms with van der Waals surface area (Å²) in [6.45, 7) is 4.16. The number of anilines is 1. The maximum absolute atomic E-state index is 12.2. The van der Waals surface area contributed by atoms with Crippen molar-refractivity contribution in [3.8, 4) is 0 Å². The summed E-state index contributed by atoms with van der Waals surface area (Å²) in [7, 11) is 0. The lowest BCUT2D eigenvalue weighted by Gasteiger charge is -2.22. The molecule has 1 aromatic carbocycles. The van der Waals surface area contributed by atoms with Crippen LogP contribution < -0.4 is 11.1 Å². The number of carbonyl (C=O) groups excluding carboxylic acids is 1. The molecule has 112 valence electrons. The first-order valence-electron chi connectivity index (χ1n) is 6.65. The van der Waals surface area contributed by atoms with Gasteiger partial charge in [-0.3, -0.25) is 4.79 Å². The van der Waals surface area contributed by atoms with E-state index in [0.717, 1.165) is 5.56 Å². The van der Waals surface area contributed by atoms with Crippen molar-refractivity contribution in [2.24, 2.45) is 5.92 Å². The van der Waals surface area contributed by atoms with Gasteiger partial charge in [0.2, 0.25) is 0 Å². The Kier molecular flexibility index (Phi) is 6.18. The molecule has 1 atom stereocenters. The summed E-state index contributed by atoms with van der Waals surface area (Å²) in [5, 5.41) is 3.03. The minimum absolute atomic E-state index is 0. The molecule has 0 radical (unpaired) electrons. The number of amides is 1. The van der Waals surface area contributed by atoms with Gasteiger partial charge in [-0.25, -0.2) is 4.98 Å². The molecule has 1 heterocycles. The summed E-state index contributed by atoms with van der Waals surface area (Å²) < 4.78 is 0. The number of halogens is 1. The average Bonchev–Trinajstić information content (AvgIpc) is 2.46. The Morgan fingerprint density at radius 3 is 2.33 bits per heavy atom. The third-order valence-electron chi connectivity index (χ3n) is 3.13. The number of nitrogen functional groups attached to an aromatic ring is 1. The molecule has 0 saturated carbocycles. The van der Waals surface area contributed by atoms with E-state index >= 15 is 0 Å². The Morgan fingerprint density at radius 2 is 1.81 bits per heavy atom. The number of carbonyl (C=O) groups is 1.